The molecular formula is C11H12FNO3S. The van der Waals surface area contributed by atoms with E-state index in [1.807, 2.05) is 11.8 Å². The average Bonchev–Trinajstić information content (AvgIpc) is 2.32. The molecule has 2 rings (SSSR count). The number of ether oxygens (including phenoxy) is 1. The highest BCUT2D eigenvalue weighted by Crippen LogP contribution is 2.30. The molecule has 0 saturated carbocycles. The molecule has 0 unspecified atom stereocenters. The van der Waals surface area contributed by atoms with Crippen LogP contribution in [0.5, 0.6) is 5.75 Å². The van der Waals surface area contributed by atoms with Crippen LogP contribution in [-0.4, -0.2) is 22.5 Å². The van der Waals surface area contributed by atoms with Gasteiger partial charge in [-0.1, -0.05) is 0 Å². The Hall–Kier alpha value is -1.30. The van der Waals surface area contributed by atoms with Gasteiger partial charge in [0, 0.05) is 0 Å². The third kappa shape index (κ3) is 3.09. The molecule has 4 nitrogen and oxygen atoms in total. The number of hydrogen-bond donors (Lipinski definition) is 0. The molecular weight excluding hydrogens is 245 g/mol. The summed E-state index contributed by atoms with van der Waals surface area (Å²) in [5, 5.41) is 10.8. The van der Waals surface area contributed by atoms with Gasteiger partial charge in [0.15, 0.2) is 5.75 Å². The quantitative estimate of drug-likeness (QED) is 0.617. The molecule has 1 aliphatic rings. The molecule has 0 N–H and O–H groups in total. The summed E-state index contributed by atoms with van der Waals surface area (Å²) in [6.07, 6.45) is 1.75. The van der Waals surface area contributed by atoms with Crippen LogP contribution in [0, 0.1) is 15.9 Å². The summed E-state index contributed by atoms with van der Waals surface area (Å²) in [7, 11) is 0. The first-order chi connectivity index (χ1) is 8.16. The van der Waals surface area contributed by atoms with Crippen LogP contribution in [0.4, 0.5) is 10.1 Å². The first-order valence-corrected chi connectivity index (χ1v) is 6.50. The van der Waals surface area contributed by atoms with Crippen molar-refractivity contribution in [2.45, 2.75) is 18.9 Å². The maximum atomic E-state index is 12.9. The molecule has 92 valence electrons. The van der Waals surface area contributed by atoms with E-state index in [4.69, 9.17) is 4.74 Å². The van der Waals surface area contributed by atoms with E-state index in [-0.39, 0.29) is 17.5 Å². The third-order valence-electron chi connectivity index (χ3n) is 2.58. The number of hydrogen-bond acceptors (Lipinski definition) is 4. The Morgan fingerprint density at radius 3 is 2.76 bits per heavy atom. The van der Waals surface area contributed by atoms with E-state index in [2.05, 4.69) is 0 Å². The van der Waals surface area contributed by atoms with Crippen LogP contribution in [0.15, 0.2) is 18.2 Å². The molecule has 1 fully saturated rings. The standard InChI is InChI=1S/C11H12FNO3S/c12-8-1-2-11(10(7-8)13(14)15)16-9-3-5-17-6-4-9/h1-2,7,9H,3-6H2. The van der Waals surface area contributed by atoms with E-state index in [1.54, 1.807) is 0 Å². The van der Waals surface area contributed by atoms with Gasteiger partial charge in [0.2, 0.25) is 0 Å². The number of nitro groups is 1. The first kappa shape index (κ1) is 12.2. The number of rotatable bonds is 3. The molecule has 1 aromatic rings. The highest BCUT2D eigenvalue weighted by Gasteiger charge is 2.21. The van der Waals surface area contributed by atoms with E-state index in [0.29, 0.717) is 0 Å². The van der Waals surface area contributed by atoms with Crippen molar-refractivity contribution in [3.05, 3.63) is 34.1 Å². The monoisotopic (exact) mass is 257 g/mol. The first-order valence-electron chi connectivity index (χ1n) is 5.35. The predicted molar refractivity (Wildman–Crippen MR) is 64.0 cm³/mol. The Balaban J connectivity index is 2.16. The average molecular weight is 257 g/mol. The van der Waals surface area contributed by atoms with Gasteiger partial charge in [0.05, 0.1) is 11.0 Å². The predicted octanol–water partition coefficient (Wildman–Crippen LogP) is 3.01. The van der Waals surface area contributed by atoms with Gasteiger partial charge in [0.1, 0.15) is 11.9 Å². The van der Waals surface area contributed by atoms with Crippen molar-refractivity contribution >= 4 is 17.4 Å². The minimum absolute atomic E-state index is 0.000381. The number of benzene rings is 1. The highest BCUT2D eigenvalue weighted by atomic mass is 32.2. The minimum Gasteiger partial charge on any atom is -0.483 e. The largest absolute Gasteiger partial charge is 0.483 e. The van der Waals surface area contributed by atoms with E-state index in [0.717, 1.165) is 30.4 Å². The number of nitrogens with zero attached hydrogens (tertiary/aromatic N) is 1. The van der Waals surface area contributed by atoms with Crippen LogP contribution in [0.3, 0.4) is 0 Å². The van der Waals surface area contributed by atoms with Gasteiger partial charge in [-0.05, 0) is 36.5 Å². The third-order valence-corrected chi connectivity index (χ3v) is 3.63. The SMILES string of the molecule is O=[N+]([O-])c1cc(F)ccc1OC1CCSCC1. The van der Waals surface area contributed by atoms with Crippen LogP contribution < -0.4 is 4.74 Å². The van der Waals surface area contributed by atoms with Crippen molar-refractivity contribution in [2.24, 2.45) is 0 Å². The molecule has 17 heavy (non-hydrogen) atoms. The fourth-order valence-corrected chi connectivity index (χ4v) is 2.77. The summed E-state index contributed by atoms with van der Waals surface area (Å²) in [5.74, 6) is 1.54. The van der Waals surface area contributed by atoms with Crippen molar-refractivity contribution < 1.29 is 14.1 Å². The van der Waals surface area contributed by atoms with Gasteiger partial charge in [-0.3, -0.25) is 10.1 Å². The van der Waals surface area contributed by atoms with Gasteiger partial charge in [0.25, 0.3) is 0 Å². The second-order valence-electron chi connectivity index (χ2n) is 3.80. The van der Waals surface area contributed by atoms with E-state index < -0.39 is 10.7 Å². The van der Waals surface area contributed by atoms with Crippen LogP contribution in [0.2, 0.25) is 0 Å². The number of nitro benzene ring substituents is 1. The number of halogens is 1. The molecule has 1 heterocycles. The van der Waals surface area contributed by atoms with Crippen molar-refractivity contribution in [3.8, 4) is 5.75 Å². The Labute approximate surface area is 102 Å². The fraction of sp³-hybridized carbons (Fsp3) is 0.455. The minimum atomic E-state index is -0.622. The Morgan fingerprint density at radius 1 is 1.41 bits per heavy atom. The molecule has 0 atom stereocenters. The molecule has 0 aromatic heterocycles. The Bertz CT molecular complexity index is 421. The van der Waals surface area contributed by atoms with Crippen LogP contribution in [-0.2, 0) is 0 Å². The highest BCUT2D eigenvalue weighted by molar-refractivity contribution is 7.99. The summed E-state index contributed by atoms with van der Waals surface area (Å²) in [4.78, 5) is 10.2. The lowest BCUT2D eigenvalue weighted by Gasteiger charge is -2.22. The van der Waals surface area contributed by atoms with Gasteiger partial charge in [-0.25, -0.2) is 4.39 Å². The normalized spacial score (nSPS) is 16.8. The zero-order valence-electron chi connectivity index (χ0n) is 9.10. The van der Waals surface area contributed by atoms with Crippen molar-refractivity contribution in [1.82, 2.24) is 0 Å². The molecule has 0 amide bonds. The second kappa shape index (κ2) is 5.35. The lowest BCUT2D eigenvalue weighted by molar-refractivity contribution is -0.386. The molecule has 1 aliphatic heterocycles. The smallest absolute Gasteiger partial charge is 0.313 e. The Kier molecular flexibility index (Phi) is 3.83. The molecule has 0 aliphatic carbocycles. The molecule has 0 bridgehead atoms. The molecule has 1 aromatic carbocycles. The van der Waals surface area contributed by atoms with Crippen LogP contribution in [0.25, 0.3) is 0 Å². The number of thioether (sulfide) groups is 1. The topological polar surface area (TPSA) is 52.4 Å². The van der Waals surface area contributed by atoms with Crippen LogP contribution in [0.1, 0.15) is 12.8 Å². The summed E-state index contributed by atoms with van der Waals surface area (Å²) in [6.45, 7) is 0. The second-order valence-corrected chi connectivity index (χ2v) is 5.02. The van der Waals surface area contributed by atoms with Gasteiger partial charge >= 0.3 is 5.69 Å². The van der Waals surface area contributed by atoms with Crippen molar-refractivity contribution in [3.63, 3.8) is 0 Å². The molecule has 1 saturated heterocycles. The lowest BCUT2D eigenvalue weighted by Crippen LogP contribution is -2.22. The molecule has 0 radical (unpaired) electrons. The van der Waals surface area contributed by atoms with Gasteiger partial charge < -0.3 is 4.74 Å². The summed E-state index contributed by atoms with van der Waals surface area (Å²) < 4.78 is 18.5. The fourth-order valence-electron chi connectivity index (χ4n) is 1.71. The lowest BCUT2D eigenvalue weighted by atomic mass is 10.2. The molecule has 6 heteroatoms. The maximum absolute atomic E-state index is 12.9. The van der Waals surface area contributed by atoms with E-state index in [1.165, 1.54) is 12.1 Å². The summed E-state index contributed by atoms with van der Waals surface area (Å²) in [6, 6.07) is 3.40. The van der Waals surface area contributed by atoms with Crippen LogP contribution >= 0.6 is 11.8 Å². The van der Waals surface area contributed by atoms with E-state index >= 15 is 0 Å². The zero-order valence-corrected chi connectivity index (χ0v) is 9.91. The van der Waals surface area contributed by atoms with E-state index in [9.17, 15) is 14.5 Å². The van der Waals surface area contributed by atoms with Crippen molar-refractivity contribution in [1.29, 1.82) is 0 Å². The van der Waals surface area contributed by atoms with Crippen molar-refractivity contribution in [2.75, 3.05) is 11.5 Å². The Morgan fingerprint density at radius 2 is 2.12 bits per heavy atom. The maximum Gasteiger partial charge on any atom is 0.313 e. The van der Waals surface area contributed by atoms with Gasteiger partial charge in [-0.2, -0.15) is 11.8 Å². The summed E-state index contributed by atoms with van der Waals surface area (Å²) in [5.41, 5.74) is -0.303. The summed E-state index contributed by atoms with van der Waals surface area (Å²) >= 11 is 1.85. The van der Waals surface area contributed by atoms with Gasteiger partial charge in [-0.15, -0.1) is 0 Å². The molecule has 0 spiro atoms. The zero-order chi connectivity index (χ0) is 12.3.